The number of Topliss-reactive ketones (excluding diaryl/α,β-unsaturated/α-hetero) is 2. The molecule has 1 heterocycles. The highest BCUT2D eigenvalue weighted by atomic mass is 16.5. The molecule has 1 aromatic heterocycles. The van der Waals surface area contributed by atoms with E-state index >= 15 is 0 Å². The third kappa shape index (κ3) is 4.22. The van der Waals surface area contributed by atoms with Crippen molar-refractivity contribution in [1.29, 1.82) is 0 Å². The zero-order valence-corrected chi connectivity index (χ0v) is 17.8. The first-order chi connectivity index (χ1) is 15.5. The standard InChI is InChI=1S/C26H23NO5/c1-16(2)26(30)32-14-6-13-31-15-18-8-5-7-17-11-12-21(27-23(17)18)22-24(28)19-9-3-4-10-20(19)25(22)29/h3-5,7-12,22H,1,6,13-15H2,2H3. The van der Waals surface area contributed by atoms with Crippen LogP contribution in [0.15, 0.2) is 66.7 Å². The van der Waals surface area contributed by atoms with Gasteiger partial charge in [-0.05, 0) is 13.0 Å². The first-order valence-electron chi connectivity index (χ1n) is 10.4. The van der Waals surface area contributed by atoms with Gasteiger partial charge >= 0.3 is 5.97 Å². The van der Waals surface area contributed by atoms with Gasteiger partial charge in [0.2, 0.25) is 0 Å². The van der Waals surface area contributed by atoms with E-state index in [9.17, 15) is 14.4 Å². The van der Waals surface area contributed by atoms with Crippen molar-refractivity contribution in [2.75, 3.05) is 13.2 Å². The summed E-state index contributed by atoms with van der Waals surface area (Å²) in [6.45, 7) is 6.13. The number of fused-ring (bicyclic) bond motifs is 2. The molecule has 6 heteroatoms. The molecule has 3 aromatic rings. The van der Waals surface area contributed by atoms with Gasteiger partial charge in [-0.15, -0.1) is 0 Å². The molecule has 0 radical (unpaired) electrons. The molecule has 0 unspecified atom stereocenters. The van der Waals surface area contributed by atoms with E-state index in [1.807, 2.05) is 24.3 Å². The fraction of sp³-hybridized carbons (Fsp3) is 0.231. The minimum absolute atomic E-state index is 0.213. The van der Waals surface area contributed by atoms with Crippen LogP contribution >= 0.6 is 0 Å². The number of esters is 1. The smallest absolute Gasteiger partial charge is 0.333 e. The Labute approximate surface area is 185 Å². The van der Waals surface area contributed by atoms with E-state index < -0.39 is 11.9 Å². The normalized spacial score (nSPS) is 13.4. The molecule has 2 aromatic carbocycles. The van der Waals surface area contributed by atoms with Gasteiger partial charge < -0.3 is 9.47 Å². The highest BCUT2D eigenvalue weighted by Gasteiger charge is 2.40. The van der Waals surface area contributed by atoms with Crippen LogP contribution in [0.5, 0.6) is 0 Å². The summed E-state index contributed by atoms with van der Waals surface area (Å²) < 4.78 is 10.8. The summed E-state index contributed by atoms with van der Waals surface area (Å²) in [6.07, 6.45) is 0.561. The average Bonchev–Trinajstić information content (AvgIpc) is 3.06. The minimum Gasteiger partial charge on any atom is -0.462 e. The van der Waals surface area contributed by atoms with Crippen LogP contribution in [0.25, 0.3) is 10.9 Å². The van der Waals surface area contributed by atoms with Crippen LogP contribution in [0.2, 0.25) is 0 Å². The molecular weight excluding hydrogens is 406 g/mol. The molecule has 0 amide bonds. The van der Waals surface area contributed by atoms with Crippen molar-refractivity contribution in [2.24, 2.45) is 0 Å². The molecule has 0 fully saturated rings. The summed E-state index contributed by atoms with van der Waals surface area (Å²) in [5.41, 5.74) is 3.28. The van der Waals surface area contributed by atoms with Crippen LogP contribution in [0, 0.1) is 0 Å². The third-order valence-corrected chi connectivity index (χ3v) is 5.38. The summed E-state index contributed by atoms with van der Waals surface area (Å²) in [7, 11) is 0. The van der Waals surface area contributed by atoms with Crippen LogP contribution in [-0.4, -0.2) is 35.7 Å². The largest absolute Gasteiger partial charge is 0.462 e. The zero-order chi connectivity index (χ0) is 22.7. The summed E-state index contributed by atoms with van der Waals surface area (Å²) in [5.74, 6) is -1.74. The Morgan fingerprint density at radius 2 is 1.69 bits per heavy atom. The fourth-order valence-electron chi connectivity index (χ4n) is 3.74. The summed E-state index contributed by atoms with van der Waals surface area (Å²) in [4.78, 5) is 41.8. The van der Waals surface area contributed by atoms with E-state index in [1.165, 1.54) is 0 Å². The Hall–Kier alpha value is -3.64. The molecule has 4 rings (SSSR count). The predicted molar refractivity (Wildman–Crippen MR) is 120 cm³/mol. The van der Waals surface area contributed by atoms with Crippen LogP contribution in [0.1, 0.15) is 51.2 Å². The molecule has 0 bridgehead atoms. The first kappa shape index (κ1) is 21.6. The number of ether oxygens (including phenoxy) is 2. The van der Waals surface area contributed by atoms with E-state index in [0.717, 1.165) is 10.9 Å². The Bertz CT molecular complexity index is 1190. The second-order valence-corrected chi connectivity index (χ2v) is 7.75. The summed E-state index contributed by atoms with van der Waals surface area (Å²) in [5, 5.41) is 0.903. The number of carbonyl (C=O) groups excluding carboxylic acids is 3. The first-order valence-corrected chi connectivity index (χ1v) is 10.4. The highest BCUT2D eigenvalue weighted by Crippen LogP contribution is 2.34. The fourth-order valence-corrected chi connectivity index (χ4v) is 3.74. The van der Waals surface area contributed by atoms with Gasteiger partial charge in [0.15, 0.2) is 11.6 Å². The Morgan fingerprint density at radius 1 is 0.969 bits per heavy atom. The number of nitrogens with zero attached hydrogens (tertiary/aromatic N) is 1. The molecule has 32 heavy (non-hydrogen) atoms. The Balaban J connectivity index is 1.47. The lowest BCUT2D eigenvalue weighted by molar-refractivity contribution is -0.139. The topological polar surface area (TPSA) is 82.6 Å². The molecule has 1 aliphatic rings. The molecule has 0 aliphatic heterocycles. The number of ketones is 2. The molecule has 6 nitrogen and oxygen atoms in total. The van der Waals surface area contributed by atoms with Gasteiger partial charge in [-0.2, -0.15) is 0 Å². The molecular formula is C26H23NO5. The van der Waals surface area contributed by atoms with Gasteiger partial charge in [0.1, 0.15) is 5.92 Å². The molecule has 0 saturated carbocycles. The van der Waals surface area contributed by atoms with Gasteiger partial charge in [-0.25, -0.2) is 4.79 Å². The van der Waals surface area contributed by atoms with Crippen molar-refractivity contribution in [3.63, 3.8) is 0 Å². The lowest BCUT2D eigenvalue weighted by atomic mass is 9.98. The molecule has 0 N–H and O–H groups in total. The number of carbonyl (C=O) groups is 3. The number of pyridine rings is 1. The second-order valence-electron chi connectivity index (χ2n) is 7.75. The van der Waals surface area contributed by atoms with Crippen molar-refractivity contribution in [2.45, 2.75) is 25.9 Å². The van der Waals surface area contributed by atoms with Gasteiger partial charge in [-0.1, -0.05) is 55.1 Å². The van der Waals surface area contributed by atoms with Gasteiger partial charge in [0.25, 0.3) is 0 Å². The quantitative estimate of drug-likeness (QED) is 0.228. The van der Waals surface area contributed by atoms with Gasteiger partial charge in [0, 0.05) is 34.1 Å². The van der Waals surface area contributed by atoms with Crippen LogP contribution in [0.3, 0.4) is 0 Å². The highest BCUT2D eigenvalue weighted by molar-refractivity contribution is 6.29. The van der Waals surface area contributed by atoms with Gasteiger partial charge in [0.05, 0.1) is 31.0 Å². The maximum absolute atomic E-state index is 12.9. The summed E-state index contributed by atoms with van der Waals surface area (Å²) in [6, 6.07) is 16.3. The lowest BCUT2D eigenvalue weighted by Gasteiger charge is -2.11. The maximum atomic E-state index is 12.9. The number of hydrogen-bond acceptors (Lipinski definition) is 6. The monoisotopic (exact) mass is 429 g/mol. The third-order valence-electron chi connectivity index (χ3n) is 5.38. The molecule has 1 aliphatic carbocycles. The minimum atomic E-state index is -0.909. The number of hydrogen-bond donors (Lipinski definition) is 0. The van der Waals surface area contributed by atoms with Gasteiger partial charge in [-0.3, -0.25) is 14.6 Å². The Kier molecular flexibility index (Phi) is 6.23. The Morgan fingerprint density at radius 3 is 2.38 bits per heavy atom. The van der Waals surface area contributed by atoms with Crippen molar-refractivity contribution >= 4 is 28.4 Å². The lowest BCUT2D eigenvalue weighted by Crippen LogP contribution is -2.14. The van der Waals surface area contributed by atoms with Crippen molar-refractivity contribution in [3.05, 3.63) is 89.1 Å². The average molecular weight is 429 g/mol. The molecule has 0 spiro atoms. The van der Waals surface area contributed by atoms with Crippen LogP contribution in [0.4, 0.5) is 0 Å². The van der Waals surface area contributed by atoms with Crippen LogP contribution in [-0.2, 0) is 20.9 Å². The van der Waals surface area contributed by atoms with Crippen molar-refractivity contribution in [1.82, 2.24) is 4.98 Å². The maximum Gasteiger partial charge on any atom is 0.333 e. The molecule has 0 atom stereocenters. The summed E-state index contributed by atoms with van der Waals surface area (Å²) >= 11 is 0. The number of benzene rings is 2. The number of aromatic nitrogens is 1. The second kappa shape index (κ2) is 9.24. The molecule has 0 saturated heterocycles. The van der Waals surface area contributed by atoms with Crippen molar-refractivity contribution in [3.8, 4) is 0 Å². The SMILES string of the molecule is C=C(C)C(=O)OCCCOCc1cccc2ccc(C3C(=O)c4ccccc4C3=O)nc12. The predicted octanol–water partition coefficient (Wildman–Crippen LogP) is 4.42. The van der Waals surface area contributed by atoms with E-state index in [-0.39, 0.29) is 18.2 Å². The zero-order valence-electron chi connectivity index (χ0n) is 17.8. The number of rotatable bonds is 8. The van der Waals surface area contributed by atoms with E-state index in [1.54, 1.807) is 37.3 Å². The van der Waals surface area contributed by atoms with E-state index in [4.69, 9.17) is 14.5 Å². The van der Waals surface area contributed by atoms with Crippen LogP contribution < -0.4 is 0 Å². The van der Waals surface area contributed by atoms with E-state index in [0.29, 0.717) is 47.5 Å². The van der Waals surface area contributed by atoms with Crippen molar-refractivity contribution < 1.29 is 23.9 Å². The molecule has 162 valence electrons. The number of para-hydroxylation sites is 1. The van der Waals surface area contributed by atoms with E-state index in [2.05, 4.69) is 6.58 Å².